The van der Waals surface area contributed by atoms with Gasteiger partial charge in [0.15, 0.2) is 0 Å². The van der Waals surface area contributed by atoms with Gasteiger partial charge in [0.25, 0.3) is 0 Å². The summed E-state index contributed by atoms with van der Waals surface area (Å²) in [7, 11) is 0. The number of thioether (sulfide) groups is 1. The van der Waals surface area contributed by atoms with Gasteiger partial charge in [-0.05, 0) is 37.4 Å². The minimum Gasteiger partial charge on any atom is -0.318 e. The predicted molar refractivity (Wildman–Crippen MR) is 94.6 cm³/mol. The van der Waals surface area contributed by atoms with E-state index in [1.54, 1.807) is 17.8 Å². The molecule has 0 aliphatic heterocycles. The van der Waals surface area contributed by atoms with Crippen LogP contribution < -0.4 is 5.32 Å². The number of carbonyl (C=O) groups excluding carboxylic acids is 1. The lowest BCUT2D eigenvalue weighted by Gasteiger charge is -2.09. The molecule has 6 heteroatoms. The molecule has 0 radical (unpaired) electrons. The van der Waals surface area contributed by atoms with Gasteiger partial charge in [0.1, 0.15) is 18.2 Å². The molecule has 1 amide bonds. The number of amides is 1. The molecule has 118 valence electrons. The Labute approximate surface area is 139 Å². The lowest BCUT2D eigenvalue weighted by molar-refractivity contribution is -0.116. The Morgan fingerprint density at radius 1 is 1.17 bits per heavy atom. The number of anilines is 1. The minimum atomic E-state index is -0.103. The molecule has 0 unspecified atom stereocenters. The van der Waals surface area contributed by atoms with Crippen LogP contribution in [0.2, 0.25) is 0 Å². The maximum absolute atomic E-state index is 12.4. The molecule has 3 aromatic rings. The minimum absolute atomic E-state index is 0.103. The number of carbonyl (C=O) groups is 1. The summed E-state index contributed by atoms with van der Waals surface area (Å²) in [4.78, 5) is 21.3. The van der Waals surface area contributed by atoms with Gasteiger partial charge in [0, 0.05) is 5.69 Å². The summed E-state index contributed by atoms with van der Waals surface area (Å²) < 4.78 is 1.97. The molecule has 0 saturated heterocycles. The second kappa shape index (κ2) is 6.83. The Bertz CT molecular complexity index is 843. The Kier molecular flexibility index (Phi) is 4.62. The number of rotatable bonds is 5. The molecule has 0 saturated carbocycles. The van der Waals surface area contributed by atoms with Crippen LogP contribution in [0.25, 0.3) is 11.0 Å². The normalized spacial score (nSPS) is 10.9. The molecule has 1 aromatic carbocycles. The van der Waals surface area contributed by atoms with E-state index in [0.29, 0.717) is 5.82 Å². The third-order valence-corrected chi connectivity index (χ3v) is 4.01. The van der Waals surface area contributed by atoms with E-state index in [4.69, 9.17) is 0 Å². The van der Waals surface area contributed by atoms with Crippen LogP contribution in [0, 0.1) is 6.92 Å². The van der Waals surface area contributed by atoms with Gasteiger partial charge in [0.05, 0.1) is 16.8 Å². The molecule has 0 bridgehead atoms. The van der Waals surface area contributed by atoms with Crippen LogP contribution in [-0.4, -0.2) is 26.7 Å². The number of hydrogen-bond donors (Lipinski definition) is 1. The average Bonchev–Trinajstić information content (AvgIpc) is 2.85. The van der Waals surface area contributed by atoms with E-state index in [9.17, 15) is 4.79 Å². The van der Waals surface area contributed by atoms with Crippen molar-refractivity contribution in [3.05, 3.63) is 54.0 Å². The predicted octanol–water partition coefficient (Wildman–Crippen LogP) is 3.24. The van der Waals surface area contributed by atoms with Gasteiger partial charge < -0.3 is 9.88 Å². The number of imidazole rings is 1. The van der Waals surface area contributed by atoms with Gasteiger partial charge in [0.2, 0.25) is 5.91 Å². The van der Waals surface area contributed by atoms with Crippen molar-refractivity contribution in [3.8, 4) is 0 Å². The first kappa shape index (κ1) is 15.6. The first-order chi connectivity index (χ1) is 11.2. The number of nitrogens with one attached hydrogen (secondary N) is 1. The Hall–Kier alpha value is -2.34. The van der Waals surface area contributed by atoms with Crippen molar-refractivity contribution in [2.75, 3.05) is 11.6 Å². The smallest absolute Gasteiger partial charge is 0.245 e. The van der Waals surface area contributed by atoms with Gasteiger partial charge in [-0.1, -0.05) is 18.2 Å². The lowest BCUT2D eigenvalue weighted by Crippen LogP contribution is -2.20. The molecule has 0 atom stereocenters. The van der Waals surface area contributed by atoms with Gasteiger partial charge in [-0.25, -0.2) is 9.97 Å². The highest BCUT2D eigenvalue weighted by Gasteiger charge is 2.13. The molecular weight excluding hydrogens is 308 g/mol. The topological polar surface area (TPSA) is 59.8 Å². The quantitative estimate of drug-likeness (QED) is 0.782. The van der Waals surface area contributed by atoms with E-state index in [-0.39, 0.29) is 12.5 Å². The van der Waals surface area contributed by atoms with E-state index in [1.165, 1.54) is 0 Å². The zero-order valence-electron chi connectivity index (χ0n) is 13.1. The van der Waals surface area contributed by atoms with Crippen molar-refractivity contribution in [2.24, 2.45) is 0 Å². The van der Waals surface area contributed by atoms with Crippen molar-refractivity contribution in [2.45, 2.75) is 19.2 Å². The van der Waals surface area contributed by atoms with Gasteiger partial charge in [-0.15, -0.1) is 0 Å². The highest BCUT2D eigenvalue weighted by molar-refractivity contribution is 7.97. The van der Waals surface area contributed by atoms with E-state index >= 15 is 0 Å². The summed E-state index contributed by atoms with van der Waals surface area (Å²) in [6, 6.07) is 13.4. The van der Waals surface area contributed by atoms with Crippen LogP contribution in [0.15, 0.2) is 42.5 Å². The van der Waals surface area contributed by atoms with Crippen molar-refractivity contribution in [3.63, 3.8) is 0 Å². The molecule has 1 N–H and O–H groups in total. The molecule has 3 rings (SSSR count). The molecule has 2 heterocycles. The van der Waals surface area contributed by atoms with Crippen molar-refractivity contribution in [1.82, 2.24) is 14.5 Å². The van der Waals surface area contributed by atoms with Crippen LogP contribution in [0.1, 0.15) is 11.5 Å². The number of nitrogens with zero attached hydrogens (tertiary/aromatic N) is 3. The Morgan fingerprint density at radius 2 is 2.00 bits per heavy atom. The summed E-state index contributed by atoms with van der Waals surface area (Å²) in [5.74, 6) is 2.15. The molecule has 23 heavy (non-hydrogen) atoms. The monoisotopic (exact) mass is 326 g/mol. The molecule has 5 nitrogen and oxygen atoms in total. The largest absolute Gasteiger partial charge is 0.318 e. The summed E-state index contributed by atoms with van der Waals surface area (Å²) in [5, 5.41) is 2.85. The van der Waals surface area contributed by atoms with E-state index < -0.39 is 0 Å². The fraction of sp³-hybridized carbons (Fsp3) is 0.235. The van der Waals surface area contributed by atoms with Gasteiger partial charge in [-0.2, -0.15) is 11.8 Å². The zero-order chi connectivity index (χ0) is 16.2. The van der Waals surface area contributed by atoms with Crippen molar-refractivity contribution < 1.29 is 4.79 Å². The maximum atomic E-state index is 12.4. The summed E-state index contributed by atoms with van der Waals surface area (Å²) in [6.07, 6.45) is 2.03. The molecule has 0 fully saturated rings. The van der Waals surface area contributed by atoms with Crippen molar-refractivity contribution >= 4 is 34.5 Å². The lowest BCUT2D eigenvalue weighted by atomic mass is 10.3. The van der Waals surface area contributed by atoms with Crippen LogP contribution in [0.5, 0.6) is 0 Å². The van der Waals surface area contributed by atoms with Crippen molar-refractivity contribution in [1.29, 1.82) is 0 Å². The van der Waals surface area contributed by atoms with E-state index in [1.807, 2.05) is 54.1 Å². The molecule has 0 aliphatic rings. The highest BCUT2D eigenvalue weighted by Crippen LogP contribution is 2.19. The first-order valence-electron chi connectivity index (χ1n) is 7.34. The summed E-state index contributed by atoms with van der Waals surface area (Å²) in [6.45, 7) is 2.13. The average molecular weight is 326 g/mol. The number of benzene rings is 1. The number of fused-ring (bicyclic) bond motifs is 1. The van der Waals surface area contributed by atoms with E-state index in [0.717, 1.165) is 28.3 Å². The fourth-order valence-corrected chi connectivity index (χ4v) is 2.96. The van der Waals surface area contributed by atoms with Gasteiger partial charge >= 0.3 is 0 Å². The SMILES string of the molecule is CSCc1nc2ccccc2n1CC(=O)Nc1cccc(C)n1. The first-order valence-corrected chi connectivity index (χ1v) is 8.73. The Morgan fingerprint density at radius 3 is 2.78 bits per heavy atom. The number of aromatic nitrogens is 3. The Balaban J connectivity index is 1.85. The third kappa shape index (κ3) is 3.53. The standard InChI is InChI=1S/C17H18N4OS/c1-12-6-5-9-15(18-12)20-17(22)10-21-14-8-4-3-7-13(14)19-16(21)11-23-2/h3-9H,10-11H2,1-2H3,(H,18,20,22). The number of aryl methyl sites for hydroxylation is 1. The molecular formula is C17H18N4OS. The van der Waals surface area contributed by atoms with Gasteiger partial charge in [-0.3, -0.25) is 4.79 Å². The summed E-state index contributed by atoms with van der Waals surface area (Å²) in [5.41, 5.74) is 2.76. The van der Waals surface area contributed by atoms with E-state index in [2.05, 4.69) is 15.3 Å². The highest BCUT2D eigenvalue weighted by atomic mass is 32.2. The number of hydrogen-bond acceptors (Lipinski definition) is 4. The number of pyridine rings is 1. The van der Waals surface area contributed by atoms with Crippen LogP contribution >= 0.6 is 11.8 Å². The molecule has 0 aliphatic carbocycles. The number of para-hydroxylation sites is 2. The molecule has 2 aromatic heterocycles. The molecule has 0 spiro atoms. The maximum Gasteiger partial charge on any atom is 0.245 e. The van der Waals surface area contributed by atoms with Crippen LogP contribution in [0.4, 0.5) is 5.82 Å². The second-order valence-electron chi connectivity index (χ2n) is 5.25. The fourth-order valence-electron chi connectivity index (χ4n) is 2.48. The zero-order valence-corrected chi connectivity index (χ0v) is 13.9. The summed E-state index contributed by atoms with van der Waals surface area (Å²) >= 11 is 1.69. The van der Waals surface area contributed by atoms with Crippen LogP contribution in [0.3, 0.4) is 0 Å². The third-order valence-electron chi connectivity index (χ3n) is 3.46. The second-order valence-corrected chi connectivity index (χ2v) is 6.11. The van der Waals surface area contributed by atoms with Crippen LogP contribution in [-0.2, 0) is 17.1 Å².